The maximum atomic E-state index is 13.1. The van der Waals surface area contributed by atoms with Crippen molar-refractivity contribution in [1.82, 2.24) is 9.21 Å². The van der Waals surface area contributed by atoms with E-state index in [9.17, 15) is 22.4 Å². The molecule has 2 fully saturated rings. The average molecular weight is 369 g/mol. The van der Waals surface area contributed by atoms with Gasteiger partial charge in [0.25, 0.3) is 0 Å². The molecular formula is C16H20FN3O4S. The lowest BCUT2D eigenvalue weighted by Crippen LogP contribution is -2.52. The number of rotatable bonds is 4. The van der Waals surface area contributed by atoms with Crippen molar-refractivity contribution in [3.05, 3.63) is 30.1 Å². The Morgan fingerprint density at radius 3 is 2.28 bits per heavy atom. The Kier molecular flexibility index (Phi) is 4.79. The minimum atomic E-state index is -3.91. The molecule has 1 aromatic rings. The second-order valence-corrected chi connectivity index (χ2v) is 8.21. The van der Waals surface area contributed by atoms with Crippen LogP contribution in [0.15, 0.2) is 29.2 Å². The molecule has 0 spiro atoms. The second kappa shape index (κ2) is 6.72. The van der Waals surface area contributed by atoms with E-state index in [1.807, 2.05) is 0 Å². The van der Waals surface area contributed by atoms with E-state index in [0.717, 1.165) is 16.4 Å². The molecule has 136 valence electrons. The van der Waals surface area contributed by atoms with E-state index in [0.29, 0.717) is 32.2 Å². The molecule has 0 aliphatic carbocycles. The number of halogens is 1. The van der Waals surface area contributed by atoms with E-state index < -0.39 is 33.8 Å². The maximum Gasteiger partial charge on any atom is 0.243 e. The van der Waals surface area contributed by atoms with Crippen molar-refractivity contribution in [2.75, 3.05) is 13.1 Å². The minimum absolute atomic E-state index is 0.0542. The summed E-state index contributed by atoms with van der Waals surface area (Å²) in [4.78, 5) is 25.7. The number of benzene rings is 1. The zero-order chi connectivity index (χ0) is 18.2. The predicted molar refractivity (Wildman–Crippen MR) is 87.2 cm³/mol. The molecule has 25 heavy (non-hydrogen) atoms. The van der Waals surface area contributed by atoms with Crippen molar-refractivity contribution in [1.29, 1.82) is 0 Å². The average Bonchev–Trinajstić information content (AvgIpc) is 3.24. The van der Waals surface area contributed by atoms with Crippen molar-refractivity contribution in [2.45, 2.75) is 42.7 Å². The fraction of sp³-hybridized carbons (Fsp3) is 0.500. The number of amides is 2. The Hall–Kier alpha value is -2.00. The SMILES string of the molecule is NC(=O)C1CCCN1C(=O)C1CCCN1S(=O)(=O)c1ccc(F)cc1. The van der Waals surface area contributed by atoms with Crippen LogP contribution in [0.1, 0.15) is 25.7 Å². The van der Waals surface area contributed by atoms with E-state index in [4.69, 9.17) is 5.73 Å². The van der Waals surface area contributed by atoms with Crippen molar-refractivity contribution in [3.63, 3.8) is 0 Å². The Morgan fingerprint density at radius 1 is 1.04 bits per heavy atom. The molecule has 0 radical (unpaired) electrons. The maximum absolute atomic E-state index is 13.1. The zero-order valence-electron chi connectivity index (χ0n) is 13.6. The lowest BCUT2D eigenvalue weighted by Gasteiger charge is -2.29. The minimum Gasteiger partial charge on any atom is -0.368 e. The molecule has 2 saturated heterocycles. The van der Waals surface area contributed by atoms with Crippen LogP contribution >= 0.6 is 0 Å². The number of hydrogen-bond donors (Lipinski definition) is 1. The molecule has 2 aliphatic heterocycles. The van der Waals surface area contributed by atoms with Crippen LogP contribution < -0.4 is 5.73 Å². The summed E-state index contributed by atoms with van der Waals surface area (Å²) in [6.45, 7) is 0.610. The van der Waals surface area contributed by atoms with Gasteiger partial charge >= 0.3 is 0 Å². The van der Waals surface area contributed by atoms with E-state index in [-0.39, 0.29) is 17.3 Å². The quantitative estimate of drug-likeness (QED) is 0.833. The molecule has 2 unspecified atom stereocenters. The normalized spacial score (nSPS) is 24.6. The lowest BCUT2D eigenvalue weighted by molar-refractivity contribution is -0.139. The third-order valence-electron chi connectivity index (χ3n) is 4.77. The monoisotopic (exact) mass is 369 g/mol. The molecule has 0 aromatic heterocycles. The molecule has 0 saturated carbocycles. The van der Waals surface area contributed by atoms with E-state index in [1.54, 1.807) is 0 Å². The van der Waals surface area contributed by atoms with Gasteiger partial charge in [-0.2, -0.15) is 4.31 Å². The summed E-state index contributed by atoms with van der Waals surface area (Å²) < 4.78 is 39.9. The first-order valence-electron chi connectivity index (χ1n) is 8.19. The molecule has 3 rings (SSSR count). The van der Waals surface area contributed by atoms with Gasteiger partial charge in [-0.15, -0.1) is 0 Å². The first-order chi connectivity index (χ1) is 11.8. The van der Waals surface area contributed by atoms with Crippen LogP contribution in [0.2, 0.25) is 0 Å². The topological polar surface area (TPSA) is 101 Å². The third-order valence-corrected chi connectivity index (χ3v) is 6.70. The van der Waals surface area contributed by atoms with Crippen LogP contribution in [0.5, 0.6) is 0 Å². The van der Waals surface area contributed by atoms with Crippen molar-refractivity contribution < 1.29 is 22.4 Å². The molecule has 0 bridgehead atoms. The molecule has 1 aromatic carbocycles. The molecule has 9 heteroatoms. The molecule has 7 nitrogen and oxygen atoms in total. The van der Waals surface area contributed by atoms with Crippen LogP contribution in [0, 0.1) is 5.82 Å². The van der Waals surface area contributed by atoms with Gasteiger partial charge < -0.3 is 10.6 Å². The number of nitrogens with two attached hydrogens (primary N) is 1. The highest BCUT2D eigenvalue weighted by Gasteiger charge is 2.44. The Morgan fingerprint density at radius 2 is 1.64 bits per heavy atom. The molecule has 2 heterocycles. The van der Waals surface area contributed by atoms with Crippen LogP contribution in [0.3, 0.4) is 0 Å². The Bertz CT molecular complexity index is 781. The Labute approximate surface area is 145 Å². The summed E-state index contributed by atoms with van der Waals surface area (Å²) in [6.07, 6.45) is 2.10. The van der Waals surface area contributed by atoms with Gasteiger partial charge in [0.15, 0.2) is 0 Å². The zero-order valence-corrected chi connectivity index (χ0v) is 14.4. The number of primary amides is 1. The number of sulfonamides is 1. The van der Waals surface area contributed by atoms with Crippen LogP contribution in [0.4, 0.5) is 4.39 Å². The molecule has 2 N–H and O–H groups in total. The largest absolute Gasteiger partial charge is 0.368 e. The summed E-state index contributed by atoms with van der Waals surface area (Å²) in [5.74, 6) is -1.49. The molecule has 2 amide bonds. The van der Waals surface area contributed by atoms with Crippen LogP contribution in [-0.4, -0.2) is 54.6 Å². The van der Waals surface area contributed by atoms with Gasteiger partial charge in [0.05, 0.1) is 4.90 Å². The third kappa shape index (κ3) is 3.25. The summed E-state index contributed by atoms with van der Waals surface area (Å²) >= 11 is 0. The summed E-state index contributed by atoms with van der Waals surface area (Å²) in [5, 5.41) is 0. The fourth-order valence-corrected chi connectivity index (χ4v) is 5.19. The van der Waals surface area contributed by atoms with E-state index in [2.05, 4.69) is 0 Å². The summed E-state index contributed by atoms with van der Waals surface area (Å²) in [6, 6.07) is 2.99. The first kappa shape index (κ1) is 17.8. The van der Waals surface area contributed by atoms with Crippen molar-refractivity contribution in [3.8, 4) is 0 Å². The Balaban J connectivity index is 1.86. The van der Waals surface area contributed by atoms with Crippen LogP contribution in [-0.2, 0) is 19.6 Å². The summed E-state index contributed by atoms with van der Waals surface area (Å²) in [7, 11) is -3.91. The van der Waals surface area contributed by atoms with Gasteiger partial charge in [-0.3, -0.25) is 9.59 Å². The van der Waals surface area contributed by atoms with Gasteiger partial charge in [-0.1, -0.05) is 0 Å². The number of likely N-dealkylation sites (tertiary alicyclic amines) is 1. The number of hydrogen-bond acceptors (Lipinski definition) is 4. The molecule has 2 atom stereocenters. The van der Waals surface area contributed by atoms with Gasteiger partial charge in [-0.05, 0) is 49.9 Å². The highest BCUT2D eigenvalue weighted by molar-refractivity contribution is 7.89. The van der Waals surface area contributed by atoms with E-state index in [1.165, 1.54) is 17.0 Å². The molecule has 2 aliphatic rings. The predicted octanol–water partition coefficient (Wildman–Crippen LogP) is 0.455. The number of nitrogens with zero attached hydrogens (tertiary/aromatic N) is 2. The van der Waals surface area contributed by atoms with Gasteiger partial charge in [0, 0.05) is 13.1 Å². The number of carbonyl (C=O) groups excluding carboxylic acids is 2. The first-order valence-corrected chi connectivity index (χ1v) is 9.63. The van der Waals surface area contributed by atoms with Crippen LogP contribution in [0.25, 0.3) is 0 Å². The highest BCUT2D eigenvalue weighted by atomic mass is 32.2. The van der Waals surface area contributed by atoms with Crippen molar-refractivity contribution in [2.24, 2.45) is 5.73 Å². The molecular weight excluding hydrogens is 349 g/mol. The fourth-order valence-electron chi connectivity index (χ4n) is 3.53. The summed E-state index contributed by atoms with van der Waals surface area (Å²) in [5.41, 5.74) is 5.35. The standard InChI is InChI=1S/C16H20FN3O4S/c17-11-5-7-12(8-6-11)25(23,24)20-10-2-4-14(20)16(22)19-9-1-3-13(19)15(18)21/h5-8,13-14H,1-4,9-10H2,(H2,18,21). The van der Waals surface area contributed by atoms with Gasteiger partial charge in [-0.25, -0.2) is 12.8 Å². The lowest BCUT2D eigenvalue weighted by atomic mass is 10.1. The highest BCUT2D eigenvalue weighted by Crippen LogP contribution is 2.29. The number of carbonyl (C=O) groups is 2. The van der Waals surface area contributed by atoms with Gasteiger partial charge in [0.2, 0.25) is 21.8 Å². The smallest absolute Gasteiger partial charge is 0.243 e. The van der Waals surface area contributed by atoms with Crippen molar-refractivity contribution >= 4 is 21.8 Å². The second-order valence-electron chi connectivity index (χ2n) is 6.32. The van der Waals surface area contributed by atoms with Gasteiger partial charge in [0.1, 0.15) is 17.9 Å². The van der Waals surface area contributed by atoms with E-state index >= 15 is 0 Å².